The molecule has 2 nitrogen and oxygen atoms in total. The zero-order chi connectivity index (χ0) is 16.1. The number of hydrogen-bond acceptors (Lipinski definition) is 1. The Kier molecular flexibility index (Phi) is 6.93. The van der Waals surface area contributed by atoms with Gasteiger partial charge >= 0.3 is 43.7 Å². The molecule has 0 fully saturated rings. The molecule has 0 spiro atoms. The number of carboxylic acids is 1. The molecule has 120 valence electrons. The number of carbonyl (C=O) groups is 1. The Bertz CT molecular complexity index is 690. The smallest absolute Gasteiger partial charge is 1.00 e. The molecular formula is C20H20CaO2S. The van der Waals surface area contributed by atoms with Crippen LogP contribution in [0, 0.1) is 0 Å². The van der Waals surface area contributed by atoms with Crippen LogP contribution < -0.4 is 0 Å². The first-order chi connectivity index (χ1) is 11.2. The molecule has 0 aromatic heterocycles. The van der Waals surface area contributed by atoms with E-state index >= 15 is 0 Å². The zero-order valence-electron chi connectivity index (χ0n) is 15.3. The Morgan fingerprint density at radius 3 is 1.25 bits per heavy atom. The summed E-state index contributed by atoms with van der Waals surface area (Å²) < 4.78 is 0. The van der Waals surface area contributed by atoms with Crippen LogP contribution in [0.4, 0.5) is 0 Å². The zero-order valence-corrected chi connectivity index (χ0v) is 16.4. The van der Waals surface area contributed by atoms with Gasteiger partial charge in [-0.3, -0.25) is 4.79 Å². The van der Waals surface area contributed by atoms with E-state index in [0.29, 0.717) is 0 Å². The summed E-state index contributed by atoms with van der Waals surface area (Å²) >= 11 is 0. The van der Waals surface area contributed by atoms with Crippen molar-refractivity contribution in [1.29, 1.82) is 0 Å². The van der Waals surface area contributed by atoms with Gasteiger partial charge in [0, 0.05) is 0 Å². The van der Waals surface area contributed by atoms with Crippen LogP contribution in [0.3, 0.4) is 0 Å². The number of benzene rings is 3. The molecule has 24 heavy (non-hydrogen) atoms. The largest absolute Gasteiger partial charge is 2.00 e. The van der Waals surface area contributed by atoms with E-state index in [1.807, 2.05) is 91.0 Å². The molecule has 0 unspecified atom stereocenters. The van der Waals surface area contributed by atoms with Gasteiger partial charge in [-0.25, -0.2) is 0 Å². The molecule has 4 heteroatoms. The quantitative estimate of drug-likeness (QED) is 0.654. The second-order valence-corrected chi connectivity index (χ2v) is 8.40. The van der Waals surface area contributed by atoms with Crippen molar-refractivity contribution < 1.29 is 12.8 Å². The van der Waals surface area contributed by atoms with Crippen molar-refractivity contribution in [1.82, 2.24) is 0 Å². The van der Waals surface area contributed by atoms with Gasteiger partial charge in [-0.2, -0.15) is 0 Å². The summed E-state index contributed by atoms with van der Waals surface area (Å²) in [6.45, 7) is 0. The van der Waals surface area contributed by atoms with Crippen molar-refractivity contribution in [3.63, 3.8) is 0 Å². The van der Waals surface area contributed by atoms with Crippen LogP contribution in [0.2, 0.25) is 0 Å². The Labute approximate surface area is 176 Å². The van der Waals surface area contributed by atoms with Gasteiger partial charge in [0.25, 0.3) is 0 Å². The van der Waals surface area contributed by atoms with E-state index in [4.69, 9.17) is 0 Å². The summed E-state index contributed by atoms with van der Waals surface area (Å²) in [5, 5.41) is 9.65. The molecule has 0 aliphatic heterocycles. The van der Waals surface area contributed by atoms with Crippen LogP contribution in [0.1, 0.15) is 2.85 Å². The Morgan fingerprint density at radius 2 is 1.00 bits per heavy atom. The molecule has 0 bridgehead atoms. The van der Waals surface area contributed by atoms with E-state index in [1.54, 1.807) is 0 Å². The number of aliphatic carboxylic acids is 1. The fourth-order valence-corrected chi connectivity index (χ4v) is 6.35. The van der Waals surface area contributed by atoms with Crippen molar-refractivity contribution in [2.45, 2.75) is 14.7 Å². The molecule has 3 rings (SSSR count). The predicted octanol–water partition coefficient (Wildman–Crippen LogP) is 4.90. The Morgan fingerprint density at radius 1 is 0.708 bits per heavy atom. The van der Waals surface area contributed by atoms with E-state index in [-0.39, 0.29) is 46.3 Å². The molecule has 0 atom stereocenters. The van der Waals surface area contributed by atoms with Gasteiger partial charge < -0.3 is 7.96 Å². The molecule has 1 N–H and O–H groups in total. The average molecular weight is 365 g/mol. The second kappa shape index (κ2) is 8.72. The first-order valence-electron chi connectivity index (χ1n) is 7.41. The fourth-order valence-electron chi connectivity index (χ4n) is 2.80. The number of carboxylic acid groups (broad SMARTS) is 1. The number of hydrogen-bond donors (Lipinski definition) is 1. The summed E-state index contributed by atoms with van der Waals surface area (Å²) in [6.07, 6.45) is 0. The predicted molar refractivity (Wildman–Crippen MR) is 102 cm³/mol. The maximum atomic E-state index is 11.8. The molecule has 0 aliphatic carbocycles. The average Bonchev–Trinajstić information content (AvgIpc) is 2.62. The fraction of sp³-hybridized carbons (Fsp3) is 0.0500. The summed E-state index contributed by atoms with van der Waals surface area (Å²) in [7, 11) is -1.83. The third kappa shape index (κ3) is 3.86. The SMILES string of the molecule is O=C(O)CS(c1ccccc1)(c1ccccc1)c1ccccc1.[Ca+2].[H-].[H-]. The minimum atomic E-state index is -1.83. The van der Waals surface area contributed by atoms with Crippen LogP contribution in [0.25, 0.3) is 0 Å². The van der Waals surface area contributed by atoms with Crippen molar-refractivity contribution >= 4 is 53.7 Å². The van der Waals surface area contributed by atoms with Crippen LogP contribution in [-0.2, 0) is 4.79 Å². The monoisotopic (exact) mass is 364 g/mol. The van der Waals surface area contributed by atoms with Gasteiger partial charge in [0.15, 0.2) is 0 Å². The summed E-state index contributed by atoms with van der Waals surface area (Å²) in [5.74, 6) is -0.693. The van der Waals surface area contributed by atoms with Crippen molar-refractivity contribution in [2.75, 3.05) is 5.75 Å². The van der Waals surface area contributed by atoms with E-state index < -0.39 is 16.0 Å². The molecule has 3 aromatic rings. The van der Waals surface area contributed by atoms with Crippen LogP contribution in [0.15, 0.2) is 106 Å². The van der Waals surface area contributed by atoms with E-state index in [9.17, 15) is 9.90 Å². The molecule has 3 aromatic carbocycles. The van der Waals surface area contributed by atoms with Gasteiger partial charge in [0.05, 0.1) is 5.75 Å². The Hall–Kier alpha value is -1.26. The van der Waals surface area contributed by atoms with E-state index in [0.717, 1.165) is 14.7 Å². The van der Waals surface area contributed by atoms with Crippen LogP contribution in [0.5, 0.6) is 0 Å². The second-order valence-electron chi connectivity index (χ2n) is 5.22. The minimum absolute atomic E-state index is 0. The third-order valence-electron chi connectivity index (χ3n) is 3.78. The van der Waals surface area contributed by atoms with Gasteiger partial charge in [-0.05, 0) is 51.1 Å². The van der Waals surface area contributed by atoms with Crippen LogP contribution >= 0.6 is 10.0 Å². The third-order valence-corrected chi connectivity index (χ3v) is 7.69. The number of rotatable bonds is 5. The standard InChI is InChI=1S/C20H18O2S.Ca.2H/c21-20(22)16-23(17-10-4-1-5-11-17,18-12-6-2-7-13-18)19-14-8-3-9-15-19;;;/h1-15H,16H2,(H,21,22);;;/q;+2;2*-1. The first-order valence-corrected chi connectivity index (χ1v) is 9.22. The molecule has 0 saturated carbocycles. The molecule has 0 saturated heterocycles. The molecule has 0 heterocycles. The van der Waals surface area contributed by atoms with Crippen LogP contribution in [-0.4, -0.2) is 54.6 Å². The summed E-state index contributed by atoms with van der Waals surface area (Å²) in [6, 6.07) is 30.0. The summed E-state index contributed by atoms with van der Waals surface area (Å²) in [5.41, 5.74) is 0. The normalized spacial score (nSPS) is 11.3. The van der Waals surface area contributed by atoms with Crippen molar-refractivity contribution in [3.8, 4) is 0 Å². The van der Waals surface area contributed by atoms with Gasteiger partial charge in [0.1, 0.15) is 0 Å². The van der Waals surface area contributed by atoms with Gasteiger partial charge in [-0.15, -0.1) is 10.0 Å². The van der Waals surface area contributed by atoms with Gasteiger partial charge in [-0.1, -0.05) is 54.6 Å². The van der Waals surface area contributed by atoms with Crippen molar-refractivity contribution in [2.24, 2.45) is 0 Å². The summed E-state index contributed by atoms with van der Waals surface area (Å²) in [4.78, 5) is 15.0. The molecule has 0 amide bonds. The maximum Gasteiger partial charge on any atom is 2.00 e. The molecular weight excluding hydrogens is 344 g/mol. The van der Waals surface area contributed by atoms with E-state index in [2.05, 4.69) is 0 Å². The maximum absolute atomic E-state index is 11.8. The minimum Gasteiger partial charge on any atom is -1.00 e. The molecule has 0 aliphatic rings. The van der Waals surface area contributed by atoms with Gasteiger partial charge in [0.2, 0.25) is 0 Å². The van der Waals surface area contributed by atoms with Crippen molar-refractivity contribution in [3.05, 3.63) is 91.0 Å². The van der Waals surface area contributed by atoms with E-state index in [1.165, 1.54) is 0 Å². The molecule has 0 radical (unpaired) electrons. The first kappa shape index (κ1) is 19.1. The topological polar surface area (TPSA) is 37.3 Å². The Balaban J connectivity index is 0.00000208.